The van der Waals surface area contributed by atoms with E-state index in [2.05, 4.69) is 5.32 Å². The number of carbonyl (C=O) groups excluding carboxylic acids is 2. The van der Waals surface area contributed by atoms with Crippen molar-refractivity contribution < 1.29 is 24.2 Å². The van der Waals surface area contributed by atoms with Crippen LogP contribution in [-0.4, -0.2) is 36.7 Å². The van der Waals surface area contributed by atoms with E-state index < -0.39 is 12.6 Å². The number of methoxy groups -OCH3 is 1. The summed E-state index contributed by atoms with van der Waals surface area (Å²) in [5.41, 5.74) is 1.19. The molecule has 2 aromatic carbocycles. The highest BCUT2D eigenvalue weighted by molar-refractivity contribution is 5.94. The lowest BCUT2D eigenvalue weighted by Gasteiger charge is -2.14. The number of phenolic OH excluding ortho intramolecular Hbond substituents is 1. The number of phenols is 1. The second-order valence-electron chi connectivity index (χ2n) is 5.95. The van der Waals surface area contributed by atoms with Crippen LogP contribution in [0.5, 0.6) is 11.5 Å². The minimum atomic E-state index is -0.766. The maximum atomic E-state index is 12.0. The predicted octanol–water partition coefficient (Wildman–Crippen LogP) is 2.70. The van der Waals surface area contributed by atoms with Crippen molar-refractivity contribution in [2.75, 3.05) is 13.7 Å². The quantitative estimate of drug-likeness (QED) is 0.710. The number of esters is 1. The average molecular weight is 357 g/mol. The van der Waals surface area contributed by atoms with E-state index in [-0.39, 0.29) is 23.3 Å². The molecule has 0 spiro atoms. The third kappa shape index (κ3) is 5.81. The van der Waals surface area contributed by atoms with Gasteiger partial charge >= 0.3 is 5.97 Å². The van der Waals surface area contributed by atoms with Crippen molar-refractivity contribution in [3.63, 3.8) is 0 Å². The molecule has 0 unspecified atom stereocenters. The molecule has 6 nitrogen and oxygen atoms in total. The van der Waals surface area contributed by atoms with E-state index >= 15 is 0 Å². The van der Waals surface area contributed by atoms with Crippen LogP contribution in [-0.2, 0) is 16.0 Å². The van der Waals surface area contributed by atoms with Crippen molar-refractivity contribution in [2.45, 2.75) is 25.8 Å². The van der Waals surface area contributed by atoms with Crippen LogP contribution in [0.3, 0.4) is 0 Å². The fraction of sp³-hybridized carbons (Fsp3) is 0.300. The Balaban J connectivity index is 1.76. The van der Waals surface area contributed by atoms with Crippen LogP contribution in [0.15, 0.2) is 48.5 Å². The Morgan fingerprint density at radius 1 is 1.15 bits per heavy atom. The summed E-state index contributed by atoms with van der Waals surface area (Å²) in [6.45, 7) is 1.50. The van der Waals surface area contributed by atoms with E-state index in [0.717, 1.165) is 12.8 Å². The first-order valence-electron chi connectivity index (χ1n) is 8.37. The standard InChI is InChI=1S/C20H23NO5/c1-14(8-9-15-6-4-3-5-7-15)21-19(23)13-26-20(24)17-11-10-16(25-2)12-18(17)22/h3-7,10-12,14,22H,8-9,13H2,1-2H3,(H,21,23)/t14-/m1/s1. The fourth-order valence-corrected chi connectivity index (χ4v) is 2.44. The van der Waals surface area contributed by atoms with Gasteiger partial charge < -0.3 is 19.9 Å². The van der Waals surface area contributed by atoms with E-state index in [1.165, 1.54) is 30.9 Å². The molecule has 26 heavy (non-hydrogen) atoms. The van der Waals surface area contributed by atoms with Crippen molar-refractivity contribution >= 4 is 11.9 Å². The molecular weight excluding hydrogens is 334 g/mol. The Labute approximate surface area is 152 Å². The van der Waals surface area contributed by atoms with Crippen molar-refractivity contribution in [1.82, 2.24) is 5.32 Å². The molecule has 2 rings (SSSR count). The molecule has 6 heteroatoms. The Morgan fingerprint density at radius 3 is 2.54 bits per heavy atom. The number of nitrogens with one attached hydrogen (secondary N) is 1. The summed E-state index contributed by atoms with van der Waals surface area (Å²) < 4.78 is 9.91. The van der Waals surface area contributed by atoms with E-state index in [0.29, 0.717) is 5.75 Å². The highest BCUT2D eigenvalue weighted by Gasteiger charge is 2.16. The van der Waals surface area contributed by atoms with Gasteiger partial charge in [0.25, 0.3) is 5.91 Å². The van der Waals surface area contributed by atoms with E-state index in [1.54, 1.807) is 0 Å². The lowest BCUT2D eigenvalue weighted by Crippen LogP contribution is -2.36. The van der Waals surface area contributed by atoms with Crippen LogP contribution in [0.2, 0.25) is 0 Å². The van der Waals surface area contributed by atoms with E-state index in [9.17, 15) is 14.7 Å². The molecule has 0 saturated carbocycles. The lowest BCUT2D eigenvalue weighted by molar-refractivity contribution is -0.124. The summed E-state index contributed by atoms with van der Waals surface area (Å²) in [5, 5.41) is 12.6. The van der Waals surface area contributed by atoms with Crippen LogP contribution in [0.25, 0.3) is 0 Å². The molecule has 2 aromatic rings. The SMILES string of the molecule is COc1ccc(C(=O)OCC(=O)N[C@H](C)CCc2ccccc2)c(O)c1. The number of rotatable bonds is 8. The van der Waals surface area contributed by atoms with Crippen molar-refractivity contribution in [1.29, 1.82) is 0 Å². The molecule has 0 saturated heterocycles. The van der Waals surface area contributed by atoms with Crippen molar-refractivity contribution in [2.24, 2.45) is 0 Å². The number of amides is 1. The first kappa shape index (κ1) is 19.3. The minimum absolute atomic E-state index is 0.0178. The number of benzene rings is 2. The summed E-state index contributed by atoms with van der Waals surface area (Å²) >= 11 is 0. The molecule has 0 heterocycles. The monoisotopic (exact) mass is 357 g/mol. The van der Waals surface area contributed by atoms with Gasteiger partial charge in [-0.15, -0.1) is 0 Å². The third-order valence-corrected chi connectivity index (χ3v) is 3.88. The van der Waals surface area contributed by atoms with Gasteiger partial charge in [-0.1, -0.05) is 30.3 Å². The number of carbonyl (C=O) groups is 2. The molecule has 2 N–H and O–H groups in total. The van der Waals surface area contributed by atoms with Gasteiger partial charge in [0.05, 0.1) is 7.11 Å². The molecular formula is C20H23NO5. The van der Waals surface area contributed by atoms with Gasteiger partial charge in [0.1, 0.15) is 17.1 Å². The molecule has 138 valence electrons. The zero-order chi connectivity index (χ0) is 18.9. The Hall–Kier alpha value is -3.02. The molecule has 0 aliphatic heterocycles. The third-order valence-electron chi connectivity index (χ3n) is 3.88. The smallest absolute Gasteiger partial charge is 0.342 e. The molecule has 0 radical (unpaired) electrons. The van der Waals surface area contributed by atoms with Gasteiger partial charge in [-0.05, 0) is 37.5 Å². The van der Waals surface area contributed by atoms with Gasteiger partial charge in [-0.25, -0.2) is 4.79 Å². The van der Waals surface area contributed by atoms with Crippen LogP contribution in [0.4, 0.5) is 0 Å². The minimum Gasteiger partial charge on any atom is -0.507 e. The number of aryl methyl sites for hydroxylation is 1. The van der Waals surface area contributed by atoms with E-state index in [4.69, 9.17) is 9.47 Å². The Bertz CT molecular complexity index is 745. The molecule has 0 aliphatic rings. The predicted molar refractivity (Wildman–Crippen MR) is 97.3 cm³/mol. The Kier molecular flexibility index (Phi) is 7.02. The molecule has 1 amide bonds. The zero-order valence-corrected chi connectivity index (χ0v) is 14.9. The van der Waals surface area contributed by atoms with Gasteiger partial charge in [0, 0.05) is 12.1 Å². The number of aromatic hydroxyl groups is 1. The first-order chi connectivity index (χ1) is 12.5. The van der Waals surface area contributed by atoms with Gasteiger partial charge in [0.2, 0.25) is 0 Å². The second kappa shape index (κ2) is 9.46. The molecule has 1 atom stereocenters. The molecule has 0 aliphatic carbocycles. The van der Waals surface area contributed by atoms with Crippen LogP contribution in [0.1, 0.15) is 29.3 Å². The van der Waals surface area contributed by atoms with E-state index in [1.807, 2.05) is 37.3 Å². The maximum absolute atomic E-state index is 12.0. The molecule has 0 fully saturated rings. The van der Waals surface area contributed by atoms with Crippen molar-refractivity contribution in [3.05, 3.63) is 59.7 Å². The highest BCUT2D eigenvalue weighted by Crippen LogP contribution is 2.23. The summed E-state index contributed by atoms with van der Waals surface area (Å²) in [5.74, 6) is -0.987. The summed E-state index contributed by atoms with van der Waals surface area (Å²) in [4.78, 5) is 23.9. The van der Waals surface area contributed by atoms with Crippen LogP contribution in [0, 0.1) is 0 Å². The largest absolute Gasteiger partial charge is 0.507 e. The average Bonchev–Trinajstić information content (AvgIpc) is 2.65. The molecule has 0 bridgehead atoms. The maximum Gasteiger partial charge on any atom is 0.342 e. The number of hydrogen-bond donors (Lipinski definition) is 2. The second-order valence-corrected chi connectivity index (χ2v) is 5.95. The van der Waals surface area contributed by atoms with Crippen LogP contribution >= 0.6 is 0 Å². The summed E-state index contributed by atoms with van der Waals surface area (Å²) in [6.07, 6.45) is 1.63. The number of hydrogen-bond acceptors (Lipinski definition) is 5. The fourth-order valence-electron chi connectivity index (χ4n) is 2.44. The number of ether oxygens (including phenoxy) is 2. The topological polar surface area (TPSA) is 84.9 Å². The van der Waals surface area contributed by atoms with Gasteiger partial charge in [-0.2, -0.15) is 0 Å². The Morgan fingerprint density at radius 2 is 1.88 bits per heavy atom. The summed E-state index contributed by atoms with van der Waals surface area (Å²) in [6, 6.07) is 14.2. The molecule has 0 aromatic heterocycles. The van der Waals surface area contributed by atoms with Gasteiger partial charge in [0.15, 0.2) is 6.61 Å². The normalized spacial score (nSPS) is 11.5. The van der Waals surface area contributed by atoms with Crippen LogP contribution < -0.4 is 10.1 Å². The summed E-state index contributed by atoms with van der Waals surface area (Å²) in [7, 11) is 1.45. The first-order valence-corrected chi connectivity index (χ1v) is 8.37. The zero-order valence-electron chi connectivity index (χ0n) is 14.9. The lowest BCUT2D eigenvalue weighted by atomic mass is 10.1. The van der Waals surface area contributed by atoms with Gasteiger partial charge in [-0.3, -0.25) is 4.79 Å². The highest BCUT2D eigenvalue weighted by atomic mass is 16.5. The van der Waals surface area contributed by atoms with Crippen molar-refractivity contribution in [3.8, 4) is 11.5 Å².